The first-order chi connectivity index (χ1) is 23.6. The van der Waals surface area contributed by atoms with Crippen LogP contribution in [0.4, 0.5) is 0 Å². The molecule has 1 aromatic carbocycles. The number of rotatable bonds is 36. The van der Waals surface area contributed by atoms with Crippen LogP contribution in [-0.2, 0) is 58.1 Å². The van der Waals surface area contributed by atoms with Crippen molar-refractivity contribution in [1.29, 1.82) is 0 Å². The van der Waals surface area contributed by atoms with E-state index < -0.39 is 20.2 Å². The van der Waals surface area contributed by atoms with E-state index in [0.717, 1.165) is 5.56 Å². The van der Waals surface area contributed by atoms with Crippen molar-refractivity contribution in [1.82, 2.24) is 0 Å². The molecule has 0 saturated heterocycles. The number of aryl methyl sites for hydroxylation is 1. The third-order valence-corrected chi connectivity index (χ3v) is 7.75. The Bertz CT molecular complexity index is 1150. The van der Waals surface area contributed by atoms with Gasteiger partial charge in [0.05, 0.1) is 113 Å². The summed E-state index contributed by atoms with van der Waals surface area (Å²) in [5, 5.41) is 0. The Labute approximate surface area is 389 Å². The van der Waals surface area contributed by atoms with Crippen molar-refractivity contribution >= 4 is 20.2 Å². The quantitative estimate of drug-likeness (QED) is 0.0356. The topological polar surface area (TPSA) is 207 Å². The van der Waals surface area contributed by atoms with Crippen molar-refractivity contribution in [3.05, 3.63) is 23.8 Å². The molecule has 1 aromatic rings. The molecular formula is C31H54K2O16S2. The Balaban J connectivity index is 0. The molecule has 0 aliphatic rings. The minimum absolute atomic E-state index is 0. The van der Waals surface area contributed by atoms with E-state index in [0.29, 0.717) is 156 Å². The molecule has 288 valence electrons. The van der Waals surface area contributed by atoms with Gasteiger partial charge < -0.3 is 56.5 Å². The molecule has 0 aliphatic heterocycles. The van der Waals surface area contributed by atoms with Crippen molar-refractivity contribution in [2.24, 2.45) is 0 Å². The van der Waals surface area contributed by atoms with E-state index in [2.05, 4.69) is 0 Å². The molecule has 0 bridgehead atoms. The zero-order valence-electron chi connectivity index (χ0n) is 30.6. The Morgan fingerprint density at radius 3 is 1.06 bits per heavy atom. The molecule has 0 fully saturated rings. The van der Waals surface area contributed by atoms with Gasteiger partial charge in [-0.15, -0.1) is 0 Å². The van der Waals surface area contributed by atoms with Gasteiger partial charge in [0, 0.05) is 24.7 Å². The van der Waals surface area contributed by atoms with Gasteiger partial charge in [0.1, 0.15) is 13.2 Å². The Hall–Kier alpha value is 1.59. The number of hydrogen-bond donors (Lipinski definition) is 0. The summed E-state index contributed by atoms with van der Waals surface area (Å²) in [4.78, 5) is 0. The molecule has 0 amide bonds. The van der Waals surface area contributed by atoms with Gasteiger partial charge >= 0.3 is 103 Å². The summed E-state index contributed by atoms with van der Waals surface area (Å²) in [6.07, 6.45) is 1.61. The summed E-state index contributed by atoms with van der Waals surface area (Å²) >= 11 is 0. The van der Waals surface area contributed by atoms with Gasteiger partial charge in [-0.3, -0.25) is 0 Å². The van der Waals surface area contributed by atoms with E-state index in [9.17, 15) is 25.9 Å². The molecule has 0 N–H and O–H groups in total. The van der Waals surface area contributed by atoms with Crippen LogP contribution in [0.25, 0.3) is 0 Å². The van der Waals surface area contributed by atoms with Crippen molar-refractivity contribution in [3.8, 4) is 11.5 Å². The van der Waals surface area contributed by atoms with Crippen LogP contribution < -0.4 is 112 Å². The van der Waals surface area contributed by atoms with Crippen LogP contribution >= 0.6 is 0 Å². The molecule has 0 heterocycles. The fourth-order valence-electron chi connectivity index (χ4n) is 3.76. The fourth-order valence-corrected chi connectivity index (χ4v) is 4.87. The molecule has 0 atom stereocenters. The maximum Gasteiger partial charge on any atom is 1.00 e. The first-order valence-electron chi connectivity index (χ1n) is 16.4. The van der Waals surface area contributed by atoms with Gasteiger partial charge in [0.15, 0.2) is 11.5 Å². The average molecular weight is 825 g/mol. The van der Waals surface area contributed by atoms with Crippen molar-refractivity contribution < 1.29 is 176 Å². The predicted octanol–water partition coefficient (Wildman–Crippen LogP) is -4.46. The number of benzene rings is 1. The molecule has 0 spiro atoms. The zero-order valence-corrected chi connectivity index (χ0v) is 38.4. The maximum atomic E-state index is 10.5. The zero-order chi connectivity index (χ0) is 35.9. The Morgan fingerprint density at radius 1 is 0.431 bits per heavy atom. The van der Waals surface area contributed by atoms with Gasteiger partial charge in [-0.1, -0.05) is 6.07 Å². The minimum Gasteiger partial charge on any atom is -0.748 e. The normalized spacial score (nSPS) is 11.6. The Kier molecular flexibility index (Phi) is 39.9. The molecule has 16 nitrogen and oxygen atoms in total. The average Bonchev–Trinajstić information content (AvgIpc) is 3.03. The van der Waals surface area contributed by atoms with E-state index in [1.807, 2.05) is 25.1 Å². The molecule has 0 aromatic heterocycles. The van der Waals surface area contributed by atoms with Crippen LogP contribution in [0, 0.1) is 6.92 Å². The van der Waals surface area contributed by atoms with Crippen LogP contribution in [0.2, 0.25) is 0 Å². The van der Waals surface area contributed by atoms with Crippen molar-refractivity contribution in [2.75, 3.05) is 130 Å². The molecule has 1 rings (SSSR count). The molecule has 51 heavy (non-hydrogen) atoms. The second-order valence-electron chi connectivity index (χ2n) is 10.5. The van der Waals surface area contributed by atoms with Crippen LogP contribution in [0.1, 0.15) is 31.2 Å². The van der Waals surface area contributed by atoms with Crippen LogP contribution in [0.5, 0.6) is 11.5 Å². The summed E-state index contributed by atoms with van der Waals surface area (Å²) in [6, 6.07) is 5.70. The maximum absolute atomic E-state index is 10.5. The standard InChI is InChI=1S/C31H56O16S2.2K/c1-29-6-7-30(46-24-22-44-20-18-42-16-14-40-12-10-38-8-2-4-26-48(32,33)34)31(28-29)47-25-23-45-21-19-43-17-15-41-13-11-39-9-3-5-27-49(35,36)37;;/h6-7,28H,2-5,8-27H2,1H3,(H,32,33,34)(H,35,36,37);;/q;2*+1/p-2. The van der Waals surface area contributed by atoms with Crippen molar-refractivity contribution in [2.45, 2.75) is 32.6 Å². The van der Waals surface area contributed by atoms with Gasteiger partial charge in [-0.25, -0.2) is 16.8 Å². The van der Waals surface area contributed by atoms with E-state index in [-0.39, 0.29) is 114 Å². The van der Waals surface area contributed by atoms with Gasteiger partial charge in [-0.05, 0) is 50.3 Å². The summed E-state index contributed by atoms with van der Waals surface area (Å²) in [5.41, 5.74) is 1.04. The number of hydrogen-bond acceptors (Lipinski definition) is 16. The van der Waals surface area contributed by atoms with Crippen LogP contribution in [0.15, 0.2) is 18.2 Å². The van der Waals surface area contributed by atoms with Gasteiger partial charge in [0.25, 0.3) is 0 Å². The minimum atomic E-state index is -4.15. The first kappa shape index (κ1) is 54.7. The van der Waals surface area contributed by atoms with E-state index >= 15 is 0 Å². The summed E-state index contributed by atoms with van der Waals surface area (Å²) in [6.45, 7) is 9.09. The number of ether oxygens (including phenoxy) is 10. The Morgan fingerprint density at radius 2 is 0.725 bits per heavy atom. The van der Waals surface area contributed by atoms with Gasteiger partial charge in [0.2, 0.25) is 0 Å². The molecular weight excluding hydrogens is 771 g/mol. The van der Waals surface area contributed by atoms with E-state index in [1.165, 1.54) is 0 Å². The predicted molar refractivity (Wildman–Crippen MR) is 176 cm³/mol. The van der Waals surface area contributed by atoms with E-state index in [4.69, 9.17) is 47.4 Å². The number of unbranched alkanes of at least 4 members (excludes halogenated alkanes) is 2. The van der Waals surface area contributed by atoms with E-state index in [1.54, 1.807) is 0 Å². The van der Waals surface area contributed by atoms with Crippen LogP contribution in [-0.4, -0.2) is 156 Å². The fraction of sp³-hybridized carbons (Fsp3) is 0.806. The largest absolute Gasteiger partial charge is 1.00 e. The molecule has 20 heteroatoms. The molecule has 0 saturated carbocycles. The monoisotopic (exact) mass is 824 g/mol. The first-order valence-corrected chi connectivity index (χ1v) is 19.6. The third-order valence-electron chi connectivity index (χ3n) is 6.17. The molecule has 0 aliphatic carbocycles. The molecule has 0 unspecified atom stereocenters. The summed E-state index contributed by atoms with van der Waals surface area (Å²) < 4.78 is 118. The van der Waals surface area contributed by atoms with Gasteiger partial charge in [-0.2, -0.15) is 0 Å². The summed E-state index contributed by atoms with van der Waals surface area (Å²) in [7, 11) is -8.31. The smallest absolute Gasteiger partial charge is 0.748 e. The van der Waals surface area contributed by atoms with Crippen LogP contribution in [0.3, 0.4) is 0 Å². The molecule has 0 radical (unpaired) electrons. The summed E-state index contributed by atoms with van der Waals surface area (Å²) in [5.74, 6) is 0.509. The van der Waals surface area contributed by atoms with Crippen molar-refractivity contribution in [3.63, 3.8) is 0 Å². The second kappa shape index (κ2) is 37.2. The third kappa shape index (κ3) is 39.6. The SMILES string of the molecule is Cc1ccc(OCCOCCOCCOCCOCCCCS(=O)(=O)[O-])c(OCCOCCOCCOCCOCCCCS(=O)(=O)[O-])c1.[K+].[K+]. The second-order valence-corrected chi connectivity index (χ2v) is 13.5.